The molecule has 0 fully saturated rings. The molecule has 0 aliphatic carbocycles. The number of amides is 2. The summed E-state index contributed by atoms with van der Waals surface area (Å²) in [5.74, 6) is -0.819. The first-order valence-electron chi connectivity index (χ1n) is 7.42. The maximum absolute atomic E-state index is 11.2. The Bertz CT molecular complexity index is 722. The van der Waals surface area contributed by atoms with E-state index in [1.54, 1.807) is 12.1 Å². The molecule has 0 aromatic heterocycles. The standard InChI is InChI=1S/C18H19N3O3/c1-13-3-5-15(6-4-13)12-24-16-9-7-14(8-10-16)11-20-21-18(23)17(22)19-2/h3-11H,12H2,1-2H3,(H,19,22)(H,21,23)/b20-11-. The number of rotatable bonds is 5. The van der Waals surface area contributed by atoms with Gasteiger partial charge < -0.3 is 10.1 Å². The van der Waals surface area contributed by atoms with Crippen LogP contribution >= 0.6 is 0 Å². The van der Waals surface area contributed by atoms with E-state index in [0.717, 1.165) is 16.9 Å². The number of carbonyl (C=O) groups excluding carboxylic acids is 2. The fourth-order valence-corrected chi connectivity index (χ4v) is 1.83. The van der Waals surface area contributed by atoms with Crippen LogP contribution in [0.3, 0.4) is 0 Å². The molecule has 0 saturated heterocycles. The van der Waals surface area contributed by atoms with Crippen molar-refractivity contribution in [2.24, 2.45) is 5.10 Å². The summed E-state index contributed by atoms with van der Waals surface area (Å²) >= 11 is 0. The number of hydrogen-bond acceptors (Lipinski definition) is 4. The predicted molar refractivity (Wildman–Crippen MR) is 91.8 cm³/mol. The number of nitrogens with zero attached hydrogens (tertiary/aromatic N) is 1. The van der Waals surface area contributed by atoms with Gasteiger partial charge in [0.15, 0.2) is 0 Å². The number of hydrogen-bond donors (Lipinski definition) is 2. The van der Waals surface area contributed by atoms with E-state index in [1.807, 2.05) is 43.3 Å². The lowest BCUT2D eigenvalue weighted by molar-refractivity contribution is -0.138. The van der Waals surface area contributed by atoms with Crippen LogP contribution in [0.25, 0.3) is 0 Å². The number of carbonyl (C=O) groups is 2. The summed E-state index contributed by atoms with van der Waals surface area (Å²) in [6, 6.07) is 15.4. The highest BCUT2D eigenvalue weighted by Crippen LogP contribution is 2.13. The molecule has 0 spiro atoms. The number of nitrogens with one attached hydrogen (secondary N) is 2. The Balaban J connectivity index is 1.85. The fraction of sp³-hybridized carbons (Fsp3) is 0.167. The third kappa shape index (κ3) is 5.24. The van der Waals surface area contributed by atoms with E-state index in [0.29, 0.717) is 6.61 Å². The van der Waals surface area contributed by atoms with Crippen molar-refractivity contribution in [1.29, 1.82) is 0 Å². The summed E-state index contributed by atoms with van der Waals surface area (Å²) in [7, 11) is 1.38. The van der Waals surface area contributed by atoms with E-state index in [2.05, 4.69) is 15.8 Å². The Morgan fingerprint density at radius 2 is 1.71 bits per heavy atom. The van der Waals surface area contributed by atoms with Gasteiger partial charge >= 0.3 is 11.8 Å². The van der Waals surface area contributed by atoms with Crippen molar-refractivity contribution in [3.8, 4) is 5.75 Å². The second kappa shape index (κ2) is 8.47. The van der Waals surface area contributed by atoms with E-state index >= 15 is 0 Å². The van der Waals surface area contributed by atoms with Crippen molar-refractivity contribution in [2.75, 3.05) is 7.05 Å². The van der Waals surface area contributed by atoms with Crippen LogP contribution in [0, 0.1) is 6.92 Å². The molecule has 0 radical (unpaired) electrons. The van der Waals surface area contributed by atoms with Crippen molar-refractivity contribution >= 4 is 18.0 Å². The molecule has 2 amide bonds. The van der Waals surface area contributed by atoms with Crippen LogP contribution in [0.4, 0.5) is 0 Å². The summed E-state index contributed by atoms with van der Waals surface area (Å²) in [5, 5.41) is 5.93. The maximum atomic E-state index is 11.2. The zero-order valence-corrected chi connectivity index (χ0v) is 13.6. The molecule has 0 unspecified atom stereocenters. The fourth-order valence-electron chi connectivity index (χ4n) is 1.83. The van der Waals surface area contributed by atoms with Gasteiger partial charge in [-0.15, -0.1) is 0 Å². The van der Waals surface area contributed by atoms with Gasteiger partial charge in [-0.2, -0.15) is 5.10 Å². The maximum Gasteiger partial charge on any atom is 0.329 e. The average Bonchev–Trinajstić information content (AvgIpc) is 2.61. The van der Waals surface area contributed by atoms with Crippen molar-refractivity contribution in [2.45, 2.75) is 13.5 Å². The molecule has 2 N–H and O–H groups in total. The zero-order valence-electron chi connectivity index (χ0n) is 13.6. The minimum atomic E-state index is -0.813. The number of hydrazone groups is 1. The second-order valence-electron chi connectivity index (χ2n) is 5.12. The molecule has 0 heterocycles. The molecular formula is C18H19N3O3. The Morgan fingerprint density at radius 1 is 1.04 bits per heavy atom. The smallest absolute Gasteiger partial charge is 0.329 e. The van der Waals surface area contributed by atoms with Crippen LogP contribution < -0.4 is 15.5 Å². The molecule has 124 valence electrons. The Morgan fingerprint density at radius 3 is 2.33 bits per heavy atom. The highest BCUT2D eigenvalue weighted by atomic mass is 16.5. The van der Waals surface area contributed by atoms with Gasteiger partial charge in [0.05, 0.1) is 6.21 Å². The van der Waals surface area contributed by atoms with Gasteiger partial charge in [0.2, 0.25) is 0 Å². The number of likely N-dealkylation sites (N-methyl/N-ethyl adjacent to an activating group) is 1. The molecule has 6 heteroatoms. The summed E-state index contributed by atoms with van der Waals surface area (Å²) in [6.45, 7) is 2.54. The largest absolute Gasteiger partial charge is 0.489 e. The third-order valence-corrected chi connectivity index (χ3v) is 3.22. The Hall–Kier alpha value is -3.15. The second-order valence-corrected chi connectivity index (χ2v) is 5.12. The van der Waals surface area contributed by atoms with E-state index in [1.165, 1.54) is 18.8 Å². The summed E-state index contributed by atoms with van der Waals surface area (Å²) < 4.78 is 5.71. The van der Waals surface area contributed by atoms with Gasteiger partial charge in [-0.1, -0.05) is 29.8 Å². The molecular weight excluding hydrogens is 306 g/mol. The lowest BCUT2D eigenvalue weighted by Crippen LogP contribution is -2.35. The van der Waals surface area contributed by atoms with Crippen LogP contribution in [0.5, 0.6) is 5.75 Å². The normalized spacial score (nSPS) is 10.4. The van der Waals surface area contributed by atoms with E-state index in [-0.39, 0.29) is 0 Å². The van der Waals surface area contributed by atoms with Gasteiger partial charge in [-0.25, -0.2) is 5.43 Å². The molecule has 2 rings (SSSR count). The number of aryl methyl sites for hydroxylation is 1. The van der Waals surface area contributed by atoms with Crippen molar-refractivity contribution in [3.63, 3.8) is 0 Å². The van der Waals surface area contributed by atoms with Gasteiger partial charge in [-0.05, 0) is 42.3 Å². The van der Waals surface area contributed by atoms with Crippen molar-refractivity contribution < 1.29 is 14.3 Å². The van der Waals surface area contributed by atoms with Crippen LogP contribution in [0.15, 0.2) is 53.6 Å². The SMILES string of the molecule is CNC(=O)C(=O)N/N=C\c1ccc(OCc2ccc(C)cc2)cc1. The average molecular weight is 325 g/mol. The zero-order chi connectivity index (χ0) is 17.4. The third-order valence-electron chi connectivity index (χ3n) is 3.22. The molecule has 2 aromatic carbocycles. The van der Waals surface area contributed by atoms with Crippen LogP contribution in [-0.4, -0.2) is 25.1 Å². The first-order chi connectivity index (χ1) is 11.6. The Labute approximate surface area is 140 Å². The monoisotopic (exact) mass is 325 g/mol. The first-order valence-corrected chi connectivity index (χ1v) is 7.42. The minimum Gasteiger partial charge on any atom is -0.489 e. The molecule has 24 heavy (non-hydrogen) atoms. The lowest BCUT2D eigenvalue weighted by atomic mass is 10.2. The van der Waals surface area contributed by atoms with Crippen molar-refractivity contribution in [3.05, 3.63) is 65.2 Å². The van der Waals surface area contributed by atoms with E-state index < -0.39 is 11.8 Å². The Kier molecular flexibility index (Phi) is 6.08. The highest BCUT2D eigenvalue weighted by Gasteiger charge is 2.08. The lowest BCUT2D eigenvalue weighted by Gasteiger charge is -2.06. The van der Waals surface area contributed by atoms with Gasteiger partial charge in [0.25, 0.3) is 0 Å². The van der Waals surface area contributed by atoms with Gasteiger partial charge in [-0.3, -0.25) is 9.59 Å². The molecule has 0 saturated carbocycles. The molecule has 0 aliphatic rings. The van der Waals surface area contributed by atoms with Crippen LogP contribution in [0.1, 0.15) is 16.7 Å². The summed E-state index contributed by atoms with van der Waals surface area (Å²) in [5.41, 5.74) is 5.22. The first kappa shape index (κ1) is 17.2. The quantitative estimate of drug-likeness (QED) is 0.499. The molecule has 6 nitrogen and oxygen atoms in total. The summed E-state index contributed by atoms with van der Waals surface area (Å²) in [6.07, 6.45) is 1.45. The van der Waals surface area contributed by atoms with Crippen LogP contribution in [0.2, 0.25) is 0 Å². The topological polar surface area (TPSA) is 79.8 Å². The van der Waals surface area contributed by atoms with Gasteiger partial charge in [0, 0.05) is 7.05 Å². The molecule has 0 bridgehead atoms. The van der Waals surface area contributed by atoms with Gasteiger partial charge in [0.1, 0.15) is 12.4 Å². The molecule has 0 atom stereocenters. The number of ether oxygens (including phenoxy) is 1. The van der Waals surface area contributed by atoms with Crippen LogP contribution in [-0.2, 0) is 16.2 Å². The minimum absolute atomic E-state index is 0.496. The number of benzene rings is 2. The predicted octanol–water partition coefficient (Wildman–Crippen LogP) is 1.77. The van der Waals surface area contributed by atoms with E-state index in [9.17, 15) is 9.59 Å². The van der Waals surface area contributed by atoms with E-state index in [4.69, 9.17) is 4.74 Å². The molecule has 0 aliphatic heterocycles. The molecule has 2 aromatic rings. The highest BCUT2D eigenvalue weighted by molar-refractivity contribution is 6.34. The summed E-state index contributed by atoms with van der Waals surface area (Å²) in [4.78, 5) is 22.2. The van der Waals surface area contributed by atoms with Crippen molar-refractivity contribution in [1.82, 2.24) is 10.7 Å².